The number of aromatic nitrogens is 2. The Morgan fingerprint density at radius 2 is 2.00 bits per heavy atom. The first-order chi connectivity index (χ1) is 12.2. The molecule has 25 heavy (non-hydrogen) atoms. The Kier molecular flexibility index (Phi) is 4.03. The molecule has 126 valence electrons. The summed E-state index contributed by atoms with van der Waals surface area (Å²) in [5.41, 5.74) is 3.70. The van der Waals surface area contributed by atoms with Gasteiger partial charge in [0.05, 0.1) is 23.3 Å². The summed E-state index contributed by atoms with van der Waals surface area (Å²) < 4.78 is 1.90. The minimum Gasteiger partial charge on any atom is -0.280 e. The molecule has 0 fully saturated rings. The van der Waals surface area contributed by atoms with Gasteiger partial charge < -0.3 is 0 Å². The van der Waals surface area contributed by atoms with E-state index in [0.29, 0.717) is 6.67 Å². The number of nitrogens with zero attached hydrogens (tertiary/aromatic N) is 4. The van der Waals surface area contributed by atoms with E-state index in [1.807, 2.05) is 10.7 Å². The molecule has 6 heteroatoms. The topological polar surface area (TPSA) is 64.2 Å². The van der Waals surface area contributed by atoms with Crippen LogP contribution in [0.4, 0.5) is 5.69 Å². The quantitative estimate of drug-likeness (QED) is 0.539. The standard InChI is InChI=1S/C19H18N4O2/c24-23(25)18-6-7-19-17(12-18)13-20-22(19)14-21-10-8-16(9-11-21)15-4-2-1-3-5-15/h1-8,12-13H,9-11,14H2. The lowest BCUT2D eigenvalue weighted by Crippen LogP contribution is -2.31. The summed E-state index contributed by atoms with van der Waals surface area (Å²) >= 11 is 0. The molecule has 2 aromatic carbocycles. The monoisotopic (exact) mass is 334 g/mol. The fraction of sp³-hybridized carbons (Fsp3) is 0.211. The minimum absolute atomic E-state index is 0.0976. The van der Waals surface area contributed by atoms with Crippen LogP contribution in [0.15, 0.2) is 60.8 Å². The summed E-state index contributed by atoms with van der Waals surface area (Å²) in [6.45, 7) is 2.52. The maximum atomic E-state index is 10.9. The molecule has 0 saturated heterocycles. The smallest absolute Gasteiger partial charge is 0.270 e. The highest BCUT2D eigenvalue weighted by molar-refractivity contribution is 5.81. The fourth-order valence-electron chi connectivity index (χ4n) is 3.24. The molecule has 6 nitrogen and oxygen atoms in total. The van der Waals surface area contributed by atoms with Crippen molar-refractivity contribution in [2.24, 2.45) is 0 Å². The number of non-ortho nitro benzene ring substituents is 1. The first-order valence-electron chi connectivity index (χ1n) is 8.27. The molecule has 0 N–H and O–H groups in total. The van der Waals surface area contributed by atoms with Gasteiger partial charge in [-0.2, -0.15) is 5.10 Å². The second-order valence-electron chi connectivity index (χ2n) is 6.21. The molecular weight excluding hydrogens is 316 g/mol. The third-order valence-corrected chi connectivity index (χ3v) is 4.61. The van der Waals surface area contributed by atoms with E-state index in [1.54, 1.807) is 18.3 Å². The third kappa shape index (κ3) is 3.16. The van der Waals surface area contributed by atoms with Crippen molar-refractivity contribution in [3.63, 3.8) is 0 Å². The third-order valence-electron chi connectivity index (χ3n) is 4.61. The molecule has 0 amide bonds. The van der Waals surface area contributed by atoms with Gasteiger partial charge in [-0.25, -0.2) is 0 Å². The number of benzene rings is 2. The number of nitro benzene ring substituents is 1. The van der Waals surface area contributed by atoms with Gasteiger partial charge in [-0.1, -0.05) is 36.4 Å². The Balaban J connectivity index is 1.49. The van der Waals surface area contributed by atoms with Gasteiger partial charge in [-0.15, -0.1) is 0 Å². The van der Waals surface area contributed by atoms with Crippen molar-refractivity contribution >= 4 is 22.2 Å². The van der Waals surface area contributed by atoms with Gasteiger partial charge in [0, 0.05) is 30.6 Å². The van der Waals surface area contributed by atoms with E-state index in [2.05, 4.69) is 40.3 Å². The second kappa shape index (κ2) is 6.49. The van der Waals surface area contributed by atoms with E-state index < -0.39 is 0 Å². The zero-order chi connectivity index (χ0) is 17.2. The number of rotatable bonds is 4. The maximum absolute atomic E-state index is 10.9. The van der Waals surface area contributed by atoms with Crippen LogP contribution in [0.25, 0.3) is 16.5 Å². The Morgan fingerprint density at radius 1 is 1.16 bits per heavy atom. The first kappa shape index (κ1) is 15.5. The van der Waals surface area contributed by atoms with E-state index >= 15 is 0 Å². The lowest BCUT2D eigenvalue weighted by Gasteiger charge is -2.26. The Hall–Kier alpha value is -2.99. The highest BCUT2D eigenvalue weighted by atomic mass is 16.6. The van der Waals surface area contributed by atoms with Crippen molar-refractivity contribution < 1.29 is 4.92 Å². The van der Waals surface area contributed by atoms with E-state index in [1.165, 1.54) is 17.2 Å². The van der Waals surface area contributed by atoms with Gasteiger partial charge in [-0.3, -0.25) is 19.7 Å². The molecule has 4 rings (SSSR count). The zero-order valence-corrected chi connectivity index (χ0v) is 13.7. The molecule has 1 aromatic heterocycles. The van der Waals surface area contributed by atoms with Crippen LogP contribution in [0, 0.1) is 10.1 Å². The van der Waals surface area contributed by atoms with Crippen LogP contribution in [-0.4, -0.2) is 32.7 Å². The van der Waals surface area contributed by atoms with Crippen molar-refractivity contribution in [3.05, 3.63) is 76.5 Å². The molecule has 0 atom stereocenters. The van der Waals surface area contributed by atoms with Gasteiger partial charge in [0.1, 0.15) is 0 Å². The van der Waals surface area contributed by atoms with Gasteiger partial charge in [0.15, 0.2) is 0 Å². The van der Waals surface area contributed by atoms with Crippen LogP contribution in [-0.2, 0) is 6.67 Å². The van der Waals surface area contributed by atoms with E-state index in [0.717, 1.165) is 30.4 Å². The van der Waals surface area contributed by atoms with Crippen LogP contribution in [0.2, 0.25) is 0 Å². The van der Waals surface area contributed by atoms with Gasteiger partial charge in [0.25, 0.3) is 5.69 Å². The Labute approximate surface area is 145 Å². The number of fused-ring (bicyclic) bond motifs is 1. The zero-order valence-electron chi connectivity index (χ0n) is 13.7. The summed E-state index contributed by atoms with van der Waals surface area (Å²) in [5, 5.41) is 16.1. The molecule has 0 unspecified atom stereocenters. The van der Waals surface area contributed by atoms with Crippen molar-refractivity contribution in [3.8, 4) is 0 Å². The van der Waals surface area contributed by atoms with Gasteiger partial charge in [-0.05, 0) is 23.6 Å². The summed E-state index contributed by atoms with van der Waals surface area (Å²) in [6, 6.07) is 15.3. The SMILES string of the molecule is O=[N+]([O-])c1ccc2c(cnn2CN2CC=C(c3ccccc3)CC2)c1. The maximum Gasteiger partial charge on any atom is 0.270 e. The molecule has 1 aliphatic heterocycles. The molecule has 1 aliphatic rings. The Bertz CT molecular complexity index is 946. The molecule has 0 spiro atoms. The van der Waals surface area contributed by atoms with Gasteiger partial charge >= 0.3 is 0 Å². The predicted octanol–water partition coefficient (Wildman–Crippen LogP) is 3.69. The minimum atomic E-state index is -0.378. The van der Waals surface area contributed by atoms with Crippen LogP contribution in [0.1, 0.15) is 12.0 Å². The average Bonchev–Trinajstić information content (AvgIpc) is 3.05. The molecule has 2 heterocycles. The molecule has 0 saturated carbocycles. The molecule has 0 aliphatic carbocycles. The van der Waals surface area contributed by atoms with Crippen LogP contribution >= 0.6 is 0 Å². The summed E-state index contributed by atoms with van der Waals surface area (Å²) in [4.78, 5) is 12.8. The molecule has 0 radical (unpaired) electrons. The van der Waals surface area contributed by atoms with Crippen LogP contribution < -0.4 is 0 Å². The summed E-state index contributed by atoms with van der Waals surface area (Å²) in [7, 11) is 0. The normalized spacial score (nSPS) is 15.3. The van der Waals surface area contributed by atoms with Gasteiger partial charge in [0.2, 0.25) is 0 Å². The number of nitro groups is 1. The molecule has 3 aromatic rings. The summed E-state index contributed by atoms with van der Waals surface area (Å²) in [6.07, 6.45) is 4.97. The molecule has 0 bridgehead atoms. The van der Waals surface area contributed by atoms with Crippen molar-refractivity contribution in [1.29, 1.82) is 0 Å². The van der Waals surface area contributed by atoms with Crippen LogP contribution in [0.3, 0.4) is 0 Å². The van der Waals surface area contributed by atoms with Crippen molar-refractivity contribution in [1.82, 2.24) is 14.7 Å². The lowest BCUT2D eigenvalue weighted by molar-refractivity contribution is -0.384. The number of hydrogen-bond acceptors (Lipinski definition) is 4. The largest absolute Gasteiger partial charge is 0.280 e. The second-order valence-corrected chi connectivity index (χ2v) is 6.21. The first-order valence-corrected chi connectivity index (χ1v) is 8.27. The van der Waals surface area contributed by atoms with E-state index in [-0.39, 0.29) is 10.6 Å². The highest BCUT2D eigenvalue weighted by Gasteiger charge is 2.15. The fourth-order valence-corrected chi connectivity index (χ4v) is 3.24. The average molecular weight is 334 g/mol. The van der Waals surface area contributed by atoms with E-state index in [4.69, 9.17) is 0 Å². The van der Waals surface area contributed by atoms with E-state index in [9.17, 15) is 10.1 Å². The Morgan fingerprint density at radius 3 is 2.72 bits per heavy atom. The van der Waals surface area contributed by atoms with Crippen LogP contribution in [0.5, 0.6) is 0 Å². The van der Waals surface area contributed by atoms with Crippen molar-refractivity contribution in [2.45, 2.75) is 13.1 Å². The predicted molar refractivity (Wildman–Crippen MR) is 97.0 cm³/mol. The summed E-state index contributed by atoms with van der Waals surface area (Å²) in [5.74, 6) is 0. The highest BCUT2D eigenvalue weighted by Crippen LogP contribution is 2.24. The number of hydrogen-bond donors (Lipinski definition) is 0. The molecular formula is C19H18N4O2. The lowest BCUT2D eigenvalue weighted by atomic mass is 10.00. The van der Waals surface area contributed by atoms with Crippen molar-refractivity contribution in [2.75, 3.05) is 13.1 Å².